The molecule has 3 aromatic rings. The van der Waals surface area contributed by atoms with Crippen LogP contribution in [0.2, 0.25) is 0 Å². The van der Waals surface area contributed by atoms with Crippen molar-refractivity contribution in [3.05, 3.63) is 83.7 Å². The van der Waals surface area contributed by atoms with Crippen molar-refractivity contribution >= 4 is 17.4 Å². The topological polar surface area (TPSA) is 136 Å². The molecule has 0 aliphatic rings. The summed E-state index contributed by atoms with van der Waals surface area (Å²) in [6, 6.07) is 16.0. The normalized spacial score (nSPS) is 11.8. The molecule has 9 heteroatoms. The van der Waals surface area contributed by atoms with E-state index in [2.05, 4.69) is 27.0 Å². The highest BCUT2D eigenvalue weighted by Crippen LogP contribution is 2.22. The standard InChI is InChI=1S/C31H42N4O5/c36-23-26-20-25(13-14-29(26)37)30(38)22-33-15-4-1-2-5-17-40-18-6-3-9-24-10-7-11-27(19-24)34-31(39)35-28-12-8-16-32-21-28/h7-8,10-14,16,19-21,30,33,36-38H,1-6,9,15,17-18,22-23H2,(H2,34,35,39)/t30-/m1/s1. The molecule has 1 atom stereocenters. The molecule has 216 valence electrons. The number of carbonyl (C=O) groups excluding carboxylic acids is 1. The molecule has 2 aromatic carbocycles. The number of urea groups is 1. The molecule has 0 aliphatic heterocycles. The quantitative estimate of drug-likeness (QED) is 0.121. The lowest BCUT2D eigenvalue weighted by molar-refractivity contribution is 0.126. The van der Waals surface area contributed by atoms with Gasteiger partial charge in [-0.3, -0.25) is 4.98 Å². The average Bonchev–Trinajstić information content (AvgIpc) is 2.96. The fraction of sp³-hybridized carbons (Fsp3) is 0.419. The smallest absolute Gasteiger partial charge is 0.323 e. The molecule has 40 heavy (non-hydrogen) atoms. The molecule has 2 amide bonds. The number of nitrogens with one attached hydrogen (secondary N) is 3. The number of ether oxygens (including phenoxy) is 1. The SMILES string of the molecule is O=C(Nc1cccnc1)Nc1cccc(CCCCOCCCCCCNC[C@@H](O)c2ccc(O)c(CO)c2)c1. The van der Waals surface area contributed by atoms with Gasteiger partial charge < -0.3 is 36.0 Å². The van der Waals surface area contributed by atoms with Crippen LogP contribution in [0.4, 0.5) is 16.2 Å². The van der Waals surface area contributed by atoms with Crippen molar-refractivity contribution in [3.63, 3.8) is 0 Å². The van der Waals surface area contributed by atoms with Gasteiger partial charge in [-0.05, 0) is 86.2 Å². The summed E-state index contributed by atoms with van der Waals surface area (Å²) < 4.78 is 5.79. The van der Waals surface area contributed by atoms with Crippen LogP contribution in [0.5, 0.6) is 5.75 Å². The first-order chi connectivity index (χ1) is 19.5. The van der Waals surface area contributed by atoms with Crippen LogP contribution < -0.4 is 16.0 Å². The number of aliphatic hydroxyl groups is 2. The summed E-state index contributed by atoms with van der Waals surface area (Å²) in [6.45, 7) is 2.52. The number of nitrogens with zero attached hydrogens (tertiary/aromatic N) is 1. The maximum Gasteiger partial charge on any atom is 0.323 e. The highest BCUT2D eigenvalue weighted by Gasteiger charge is 2.10. The molecule has 1 aromatic heterocycles. The number of carbonyl (C=O) groups is 1. The Balaban J connectivity index is 1.15. The zero-order chi connectivity index (χ0) is 28.4. The molecular formula is C31H42N4O5. The maximum atomic E-state index is 12.2. The van der Waals surface area contributed by atoms with Crippen LogP contribution in [0.25, 0.3) is 0 Å². The fourth-order valence-corrected chi connectivity index (χ4v) is 4.27. The van der Waals surface area contributed by atoms with E-state index in [1.54, 1.807) is 36.7 Å². The third kappa shape index (κ3) is 11.7. The van der Waals surface area contributed by atoms with Gasteiger partial charge in [0.1, 0.15) is 5.75 Å². The Morgan fingerprint density at radius 3 is 2.48 bits per heavy atom. The number of benzene rings is 2. The van der Waals surface area contributed by atoms with E-state index in [1.807, 2.05) is 18.2 Å². The van der Waals surface area contributed by atoms with Crippen LogP contribution in [0, 0.1) is 0 Å². The predicted octanol–water partition coefficient (Wildman–Crippen LogP) is 5.15. The van der Waals surface area contributed by atoms with E-state index >= 15 is 0 Å². The van der Waals surface area contributed by atoms with Crippen molar-refractivity contribution in [2.75, 3.05) is 36.9 Å². The molecule has 0 radical (unpaired) electrons. The third-order valence-electron chi connectivity index (χ3n) is 6.50. The average molecular weight is 551 g/mol. The van der Waals surface area contributed by atoms with Gasteiger partial charge in [0.05, 0.1) is 24.6 Å². The Kier molecular flexibility index (Phi) is 13.9. The first kappa shape index (κ1) is 31.0. The van der Waals surface area contributed by atoms with Crippen LogP contribution >= 0.6 is 0 Å². The lowest BCUT2D eigenvalue weighted by atomic mass is 10.1. The second-order valence-electron chi connectivity index (χ2n) is 9.77. The number of unbranched alkanes of at least 4 members (excludes halogenated alkanes) is 4. The monoisotopic (exact) mass is 550 g/mol. The lowest BCUT2D eigenvalue weighted by Gasteiger charge is -2.14. The third-order valence-corrected chi connectivity index (χ3v) is 6.50. The number of hydrogen-bond donors (Lipinski definition) is 6. The molecule has 0 unspecified atom stereocenters. The summed E-state index contributed by atoms with van der Waals surface area (Å²) in [5.74, 6) is 0.0379. The number of aromatic nitrogens is 1. The molecule has 0 aliphatic carbocycles. The molecule has 6 N–H and O–H groups in total. The van der Waals surface area contributed by atoms with Crippen LogP contribution in [-0.4, -0.2) is 52.6 Å². The van der Waals surface area contributed by atoms with Gasteiger partial charge in [-0.25, -0.2) is 4.79 Å². The second-order valence-corrected chi connectivity index (χ2v) is 9.77. The number of aryl methyl sites for hydroxylation is 1. The summed E-state index contributed by atoms with van der Waals surface area (Å²) >= 11 is 0. The molecule has 0 saturated carbocycles. The highest BCUT2D eigenvalue weighted by atomic mass is 16.5. The van der Waals surface area contributed by atoms with Crippen LogP contribution in [0.3, 0.4) is 0 Å². The Morgan fingerprint density at radius 2 is 1.68 bits per heavy atom. The summed E-state index contributed by atoms with van der Waals surface area (Å²) in [6.07, 6.45) is 9.80. The van der Waals surface area contributed by atoms with E-state index in [-0.39, 0.29) is 18.4 Å². The lowest BCUT2D eigenvalue weighted by Crippen LogP contribution is -2.22. The summed E-state index contributed by atoms with van der Waals surface area (Å²) in [5.41, 5.74) is 3.68. The number of pyridine rings is 1. The van der Waals surface area contributed by atoms with Crippen molar-refractivity contribution in [2.24, 2.45) is 0 Å². The minimum atomic E-state index is -0.677. The van der Waals surface area contributed by atoms with Crippen molar-refractivity contribution in [1.29, 1.82) is 0 Å². The summed E-state index contributed by atoms with van der Waals surface area (Å²) in [5, 5.41) is 38.0. The number of amides is 2. The fourth-order valence-electron chi connectivity index (χ4n) is 4.27. The van der Waals surface area contributed by atoms with Crippen molar-refractivity contribution in [3.8, 4) is 5.75 Å². The van der Waals surface area contributed by atoms with E-state index in [0.29, 0.717) is 23.4 Å². The first-order valence-corrected chi connectivity index (χ1v) is 14.0. The van der Waals surface area contributed by atoms with Crippen LogP contribution in [0.1, 0.15) is 61.3 Å². The van der Waals surface area contributed by atoms with Gasteiger partial charge in [-0.1, -0.05) is 31.0 Å². The summed E-state index contributed by atoms with van der Waals surface area (Å²) in [7, 11) is 0. The zero-order valence-corrected chi connectivity index (χ0v) is 23.0. The van der Waals surface area contributed by atoms with Gasteiger partial charge in [0.2, 0.25) is 0 Å². The second kappa shape index (κ2) is 18.0. The van der Waals surface area contributed by atoms with Gasteiger partial charge in [-0.15, -0.1) is 0 Å². The zero-order valence-electron chi connectivity index (χ0n) is 23.0. The van der Waals surface area contributed by atoms with Gasteiger partial charge in [0.25, 0.3) is 0 Å². The molecular weight excluding hydrogens is 508 g/mol. The van der Waals surface area contributed by atoms with E-state index in [9.17, 15) is 20.1 Å². The van der Waals surface area contributed by atoms with Gasteiger partial charge in [-0.2, -0.15) is 0 Å². The molecule has 9 nitrogen and oxygen atoms in total. The summed E-state index contributed by atoms with van der Waals surface area (Å²) in [4.78, 5) is 16.2. The number of anilines is 2. The maximum absolute atomic E-state index is 12.2. The first-order valence-electron chi connectivity index (χ1n) is 14.0. The molecule has 3 rings (SSSR count). The Bertz CT molecular complexity index is 1150. The van der Waals surface area contributed by atoms with Crippen molar-refractivity contribution < 1.29 is 24.9 Å². The van der Waals surface area contributed by atoms with Gasteiger partial charge in [0, 0.05) is 37.2 Å². The largest absolute Gasteiger partial charge is 0.508 e. The molecule has 0 saturated heterocycles. The number of rotatable bonds is 18. The van der Waals surface area contributed by atoms with E-state index < -0.39 is 6.10 Å². The highest BCUT2D eigenvalue weighted by molar-refractivity contribution is 5.99. The Labute approximate surface area is 236 Å². The Morgan fingerprint density at radius 1 is 0.900 bits per heavy atom. The minimum absolute atomic E-state index is 0.0379. The van der Waals surface area contributed by atoms with Gasteiger partial charge in [0.15, 0.2) is 0 Å². The molecule has 0 spiro atoms. The molecule has 0 fully saturated rings. The number of hydrogen-bond acceptors (Lipinski definition) is 7. The number of phenols is 1. The van der Waals surface area contributed by atoms with Crippen LogP contribution in [-0.2, 0) is 17.8 Å². The Hall–Kier alpha value is -3.50. The predicted molar refractivity (Wildman–Crippen MR) is 157 cm³/mol. The number of aromatic hydroxyl groups is 1. The van der Waals surface area contributed by atoms with E-state index in [0.717, 1.165) is 70.4 Å². The molecule has 1 heterocycles. The molecule has 0 bridgehead atoms. The van der Waals surface area contributed by atoms with Crippen molar-refractivity contribution in [1.82, 2.24) is 10.3 Å². The van der Waals surface area contributed by atoms with E-state index in [1.165, 1.54) is 11.6 Å². The van der Waals surface area contributed by atoms with Crippen LogP contribution in [0.15, 0.2) is 67.0 Å². The minimum Gasteiger partial charge on any atom is -0.508 e. The van der Waals surface area contributed by atoms with E-state index in [4.69, 9.17) is 4.74 Å². The van der Waals surface area contributed by atoms with Gasteiger partial charge >= 0.3 is 6.03 Å². The number of aliphatic hydroxyl groups excluding tert-OH is 2. The van der Waals surface area contributed by atoms with Crippen molar-refractivity contribution in [2.45, 2.75) is 57.7 Å².